The van der Waals surface area contributed by atoms with Crippen LogP contribution in [0.25, 0.3) is 0 Å². The summed E-state index contributed by atoms with van der Waals surface area (Å²) in [5.74, 6) is 1.80. The van der Waals surface area contributed by atoms with E-state index in [0.29, 0.717) is 38.2 Å². The first-order chi connectivity index (χ1) is 12.1. The molecule has 0 saturated carbocycles. The van der Waals surface area contributed by atoms with Crippen molar-refractivity contribution in [1.82, 2.24) is 15.1 Å². The molecule has 1 unspecified atom stereocenters. The number of rotatable bonds is 3. The van der Waals surface area contributed by atoms with Gasteiger partial charge < -0.3 is 15.1 Å². The Labute approximate surface area is 164 Å². The normalized spacial score (nSPS) is 20.9. The Morgan fingerprint density at radius 2 is 1.81 bits per heavy atom. The molecule has 2 heterocycles. The molecule has 2 fully saturated rings. The lowest BCUT2D eigenvalue weighted by Gasteiger charge is -2.27. The Kier molecular flexibility index (Phi) is 8.18. The van der Waals surface area contributed by atoms with Gasteiger partial charge in [-0.3, -0.25) is 9.59 Å². The number of nitrogens with one attached hydrogen (secondary N) is 1. The van der Waals surface area contributed by atoms with Crippen LogP contribution in [-0.4, -0.2) is 71.9 Å². The molecule has 0 bridgehead atoms. The molecule has 0 aromatic heterocycles. The van der Waals surface area contributed by atoms with E-state index >= 15 is 0 Å². The van der Waals surface area contributed by atoms with Gasteiger partial charge in [0, 0.05) is 62.3 Å². The lowest BCUT2D eigenvalue weighted by atomic mass is 10.2. The number of carbonyl (C=O) groups is 2. The molecule has 0 spiro atoms. The molecule has 0 aliphatic carbocycles. The summed E-state index contributed by atoms with van der Waals surface area (Å²) < 4.78 is 13.0. The molecule has 2 saturated heterocycles. The summed E-state index contributed by atoms with van der Waals surface area (Å²) in [6, 6.07) is 5.88. The Morgan fingerprint density at radius 1 is 1.12 bits per heavy atom. The highest BCUT2D eigenvalue weighted by Gasteiger charge is 2.25. The third kappa shape index (κ3) is 5.59. The van der Waals surface area contributed by atoms with Crippen LogP contribution in [0.5, 0.6) is 0 Å². The smallest absolute Gasteiger partial charge is 0.253 e. The van der Waals surface area contributed by atoms with Crippen molar-refractivity contribution in [2.24, 2.45) is 0 Å². The first-order valence-electron chi connectivity index (χ1n) is 8.77. The zero-order chi connectivity index (χ0) is 17.6. The topological polar surface area (TPSA) is 52.7 Å². The maximum absolute atomic E-state index is 13.0. The van der Waals surface area contributed by atoms with Crippen LogP contribution in [0.4, 0.5) is 4.39 Å². The van der Waals surface area contributed by atoms with Gasteiger partial charge in [0.2, 0.25) is 5.91 Å². The summed E-state index contributed by atoms with van der Waals surface area (Å²) in [5, 5.41) is 3.39. The van der Waals surface area contributed by atoms with Crippen molar-refractivity contribution in [3.8, 4) is 0 Å². The maximum atomic E-state index is 13.0. The van der Waals surface area contributed by atoms with Crippen molar-refractivity contribution < 1.29 is 14.0 Å². The SMILES string of the molecule is Cl.O=C(CC1CSCCN1)N1CCCN(C(=O)c2ccc(F)cc2)CC1. The third-order valence-electron chi connectivity index (χ3n) is 4.65. The van der Waals surface area contributed by atoms with Crippen LogP contribution in [0.15, 0.2) is 24.3 Å². The Morgan fingerprint density at radius 3 is 2.50 bits per heavy atom. The standard InChI is InChI=1S/C18H24FN3O2S.ClH/c19-15-4-2-14(3-5-15)18(24)22-8-1-7-21(9-10-22)17(23)12-16-13-25-11-6-20-16;/h2-5,16,20H,1,6-13H2;1H. The molecule has 8 heteroatoms. The highest BCUT2D eigenvalue weighted by atomic mass is 35.5. The number of hydrogen-bond acceptors (Lipinski definition) is 4. The lowest BCUT2D eigenvalue weighted by molar-refractivity contribution is -0.131. The largest absolute Gasteiger partial charge is 0.341 e. The summed E-state index contributed by atoms with van der Waals surface area (Å²) in [6.45, 7) is 3.35. The number of halogens is 2. The van der Waals surface area contributed by atoms with Crippen molar-refractivity contribution >= 4 is 36.0 Å². The Balaban J connectivity index is 0.00000243. The molecule has 1 aromatic rings. The van der Waals surface area contributed by atoms with Gasteiger partial charge in [0.25, 0.3) is 5.91 Å². The fourth-order valence-corrected chi connectivity index (χ4v) is 4.18. The van der Waals surface area contributed by atoms with Gasteiger partial charge in [0.05, 0.1) is 0 Å². The van der Waals surface area contributed by atoms with Gasteiger partial charge in [-0.15, -0.1) is 12.4 Å². The van der Waals surface area contributed by atoms with E-state index in [4.69, 9.17) is 0 Å². The molecule has 26 heavy (non-hydrogen) atoms. The number of nitrogens with zero attached hydrogens (tertiary/aromatic N) is 2. The van der Waals surface area contributed by atoms with E-state index < -0.39 is 0 Å². The summed E-state index contributed by atoms with van der Waals surface area (Å²) in [4.78, 5) is 28.7. The second-order valence-corrected chi connectivity index (χ2v) is 7.61. The monoisotopic (exact) mass is 401 g/mol. The first kappa shape index (κ1) is 21.0. The molecule has 1 N–H and O–H groups in total. The number of benzene rings is 1. The Bertz CT molecular complexity index is 611. The highest BCUT2D eigenvalue weighted by Crippen LogP contribution is 2.14. The zero-order valence-corrected chi connectivity index (χ0v) is 16.3. The molecule has 3 rings (SSSR count). The number of hydrogen-bond donors (Lipinski definition) is 1. The van der Waals surface area contributed by atoms with E-state index in [1.165, 1.54) is 24.3 Å². The van der Waals surface area contributed by atoms with Crippen molar-refractivity contribution in [2.75, 3.05) is 44.2 Å². The van der Waals surface area contributed by atoms with E-state index in [1.807, 2.05) is 16.7 Å². The van der Waals surface area contributed by atoms with Gasteiger partial charge in [-0.1, -0.05) is 0 Å². The van der Waals surface area contributed by atoms with Gasteiger partial charge in [-0.2, -0.15) is 11.8 Å². The van der Waals surface area contributed by atoms with Crippen molar-refractivity contribution in [2.45, 2.75) is 18.9 Å². The predicted octanol–water partition coefficient (Wildman–Crippen LogP) is 2.02. The second-order valence-electron chi connectivity index (χ2n) is 6.46. The van der Waals surface area contributed by atoms with Gasteiger partial charge in [-0.05, 0) is 30.7 Å². The summed E-state index contributed by atoms with van der Waals surface area (Å²) >= 11 is 1.89. The van der Waals surface area contributed by atoms with Gasteiger partial charge >= 0.3 is 0 Å². The van der Waals surface area contributed by atoms with E-state index in [0.717, 1.165) is 24.5 Å². The van der Waals surface area contributed by atoms with Crippen LogP contribution >= 0.6 is 24.2 Å². The predicted molar refractivity (Wildman–Crippen MR) is 104 cm³/mol. The first-order valence-corrected chi connectivity index (χ1v) is 9.93. The molecular formula is C18H25ClFN3O2S. The molecule has 2 aliphatic rings. The van der Waals surface area contributed by atoms with Crippen molar-refractivity contribution in [3.05, 3.63) is 35.6 Å². The minimum Gasteiger partial charge on any atom is -0.341 e. The van der Waals surface area contributed by atoms with E-state index in [2.05, 4.69) is 5.32 Å². The van der Waals surface area contributed by atoms with Crippen LogP contribution in [-0.2, 0) is 4.79 Å². The zero-order valence-electron chi connectivity index (χ0n) is 14.7. The van der Waals surface area contributed by atoms with Crippen LogP contribution < -0.4 is 5.32 Å². The minimum atomic E-state index is -0.348. The van der Waals surface area contributed by atoms with Gasteiger partial charge in [0.1, 0.15) is 5.82 Å². The molecule has 2 aliphatic heterocycles. The van der Waals surface area contributed by atoms with Gasteiger partial charge in [-0.25, -0.2) is 4.39 Å². The Hall–Kier alpha value is -1.31. The maximum Gasteiger partial charge on any atom is 0.253 e. The number of thioether (sulfide) groups is 1. The summed E-state index contributed by atoms with van der Waals surface area (Å²) in [7, 11) is 0. The highest BCUT2D eigenvalue weighted by molar-refractivity contribution is 7.99. The average Bonchev–Trinajstić information content (AvgIpc) is 2.89. The second kappa shape index (κ2) is 10.1. The third-order valence-corrected chi connectivity index (χ3v) is 5.78. The van der Waals surface area contributed by atoms with Crippen molar-refractivity contribution in [1.29, 1.82) is 0 Å². The fourth-order valence-electron chi connectivity index (χ4n) is 3.24. The van der Waals surface area contributed by atoms with Crippen LogP contribution in [0.1, 0.15) is 23.2 Å². The van der Waals surface area contributed by atoms with E-state index in [1.54, 1.807) is 4.90 Å². The molecule has 0 radical (unpaired) electrons. The van der Waals surface area contributed by atoms with Crippen LogP contribution in [0, 0.1) is 5.82 Å². The van der Waals surface area contributed by atoms with Crippen LogP contribution in [0.3, 0.4) is 0 Å². The van der Waals surface area contributed by atoms with E-state index in [-0.39, 0.29) is 36.1 Å². The molecule has 5 nitrogen and oxygen atoms in total. The summed E-state index contributed by atoms with van der Waals surface area (Å²) in [5.41, 5.74) is 0.490. The molecule has 2 amide bonds. The molecule has 1 atom stereocenters. The minimum absolute atomic E-state index is 0. The van der Waals surface area contributed by atoms with E-state index in [9.17, 15) is 14.0 Å². The molecular weight excluding hydrogens is 377 g/mol. The van der Waals surface area contributed by atoms with Gasteiger partial charge in [0.15, 0.2) is 0 Å². The average molecular weight is 402 g/mol. The summed E-state index contributed by atoms with van der Waals surface area (Å²) in [6.07, 6.45) is 1.30. The molecule has 144 valence electrons. The van der Waals surface area contributed by atoms with Crippen LogP contribution in [0.2, 0.25) is 0 Å². The van der Waals surface area contributed by atoms with Crippen molar-refractivity contribution in [3.63, 3.8) is 0 Å². The lowest BCUT2D eigenvalue weighted by Crippen LogP contribution is -2.43. The number of amides is 2. The number of carbonyl (C=O) groups excluding carboxylic acids is 2. The fraction of sp³-hybridized carbons (Fsp3) is 0.556. The molecule has 1 aromatic carbocycles. The quantitative estimate of drug-likeness (QED) is 0.841.